The Labute approximate surface area is 217 Å². The number of benzene rings is 4. The number of rotatable bonds is 1. The van der Waals surface area contributed by atoms with E-state index in [4.69, 9.17) is 0 Å². The van der Waals surface area contributed by atoms with Gasteiger partial charge in [0.05, 0.1) is 11.0 Å². The predicted molar refractivity (Wildman–Crippen MR) is 141 cm³/mol. The van der Waals surface area contributed by atoms with E-state index in [9.17, 15) is 0 Å². The third-order valence-corrected chi connectivity index (χ3v) is 5.97. The number of pyridine rings is 3. The smallest absolute Gasteiger partial charge is 0.0802 e. The van der Waals surface area contributed by atoms with Crippen LogP contribution in [0.2, 0.25) is 0 Å². The number of hydrogen-bond acceptors (Lipinski definition) is 3. The average Bonchev–Trinajstić information content (AvgIpc) is 2.93. The molecule has 0 bridgehead atoms. The molecule has 7 rings (SSSR count). The molecule has 3 nitrogen and oxygen atoms in total. The van der Waals surface area contributed by atoms with Gasteiger partial charge in [-0.25, -0.2) is 0 Å². The van der Waals surface area contributed by atoms with Crippen molar-refractivity contribution in [1.29, 1.82) is 0 Å². The summed E-state index contributed by atoms with van der Waals surface area (Å²) in [5.74, 6) is 0. The van der Waals surface area contributed by atoms with Gasteiger partial charge in [0, 0.05) is 55.8 Å². The fourth-order valence-electron chi connectivity index (χ4n) is 4.37. The van der Waals surface area contributed by atoms with Gasteiger partial charge in [-0.05, 0) is 29.3 Å². The molecule has 0 N–H and O–H groups in total. The van der Waals surface area contributed by atoms with Crippen molar-refractivity contribution >= 4 is 43.4 Å². The molecular formula is C31H20N3Pt-. The normalized spacial score (nSPS) is 10.6. The minimum atomic E-state index is 0. The second-order valence-electron chi connectivity index (χ2n) is 8.03. The number of nitrogens with zero attached hydrogens (tertiary/aromatic N) is 3. The van der Waals surface area contributed by atoms with Gasteiger partial charge in [0.25, 0.3) is 0 Å². The number of fused-ring (bicyclic) bond motifs is 6. The van der Waals surface area contributed by atoms with E-state index in [0.29, 0.717) is 0 Å². The molecule has 0 aliphatic carbocycles. The van der Waals surface area contributed by atoms with Crippen molar-refractivity contribution in [2.45, 2.75) is 0 Å². The van der Waals surface area contributed by atoms with Crippen LogP contribution in [0.3, 0.4) is 0 Å². The Morgan fingerprint density at radius 3 is 1.77 bits per heavy atom. The minimum absolute atomic E-state index is 0. The Morgan fingerprint density at radius 2 is 1.09 bits per heavy atom. The first-order valence-corrected chi connectivity index (χ1v) is 11.2. The Hall–Kier alpha value is -3.94. The standard InChI is InChI=1S/C16H10N2.C15H10N.Pt/c1-3-12-7-5-11-6-8-13-4-2-10-18-16(13)14(11)15(12)17-9-1;1-2-8-13-12(6-1)7-5-9-14(13)15-10-3-4-11-16-15;/h1-10H;1-8,10-11H;/q;-1;. The van der Waals surface area contributed by atoms with Gasteiger partial charge in [0.1, 0.15) is 0 Å². The Bertz CT molecular complexity index is 1690. The van der Waals surface area contributed by atoms with E-state index in [-0.39, 0.29) is 21.1 Å². The van der Waals surface area contributed by atoms with Crippen LogP contribution in [0.4, 0.5) is 0 Å². The van der Waals surface area contributed by atoms with Crippen LogP contribution in [0.5, 0.6) is 0 Å². The molecule has 7 aromatic rings. The fraction of sp³-hybridized carbons (Fsp3) is 0. The third kappa shape index (κ3) is 4.43. The van der Waals surface area contributed by atoms with Crippen LogP contribution in [-0.4, -0.2) is 15.0 Å². The molecule has 0 aliphatic rings. The van der Waals surface area contributed by atoms with Gasteiger partial charge in [-0.2, -0.15) is 0 Å². The summed E-state index contributed by atoms with van der Waals surface area (Å²) in [5.41, 5.74) is 4.09. The molecule has 0 saturated heterocycles. The van der Waals surface area contributed by atoms with Crippen LogP contribution in [0.15, 0.2) is 122 Å². The van der Waals surface area contributed by atoms with Crippen molar-refractivity contribution in [1.82, 2.24) is 15.0 Å². The van der Waals surface area contributed by atoms with Crippen molar-refractivity contribution in [3.8, 4) is 11.3 Å². The van der Waals surface area contributed by atoms with Gasteiger partial charge >= 0.3 is 0 Å². The quantitative estimate of drug-likeness (QED) is 0.139. The van der Waals surface area contributed by atoms with E-state index < -0.39 is 0 Å². The molecule has 0 unspecified atom stereocenters. The van der Waals surface area contributed by atoms with E-state index in [2.05, 4.69) is 75.6 Å². The maximum Gasteiger partial charge on any atom is 0.0802 e. The van der Waals surface area contributed by atoms with Gasteiger partial charge in [0.2, 0.25) is 0 Å². The van der Waals surface area contributed by atoms with E-state index in [1.807, 2.05) is 67.1 Å². The van der Waals surface area contributed by atoms with Crippen LogP contribution in [0.25, 0.3) is 54.6 Å². The Balaban J connectivity index is 0.000000142. The predicted octanol–water partition coefficient (Wildman–Crippen LogP) is 7.64. The number of hydrogen-bond donors (Lipinski definition) is 0. The molecule has 0 saturated carbocycles. The van der Waals surface area contributed by atoms with Gasteiger partial charge < -0.3 is 4.98 Å². The molecule has 0 aliphatic heterocycles. The molecule has 0 atom stereocenters. The van der Waals surface area contributed by atoms with Crippen LogP contribution in [0.1, 0.15) is 0 Å². The summed E-state index contributed by atoms with van der Waals surface area (Å²) in [5, 5.41) is 7.07. The van der Waals surface area contributed by atoms with E-state index in [1.165, 1.54) is 16.2 Å². The summed E-state index contributed by atoms with van der Waals surface area (Å²) in [6.07, 6.45) is 5.48. The first-order valence-electron chi connectivity index (χ1n) is 11.2. The van der Waals surface area contributed by atoms with Crippen LogP contribution < -0.4 is 0 Å². The Morgan fingerprint density at radius 1 is 0.486 bits per heavy atom. The zero-order chi connectivity index (χ0) is 22.7. The van der Waals surface area contributed by atoms with E-state index in [1.54, 1.807) is 0 Å². The first kappa shape index (κ1) is 22.8. The monoisotopic (exact) mass is 629 g/mol. The topological polar surface area (TPSA) is 38.7 Å². The Kier molecular flexibility index (Phi) is 6.61. The average molecular weight is 630 g/mol. The molecule has 0 radical (unpaired) electrons. The van der Waals surface area contributed by atoms with Crippen molar-refractivity contribution in [3.63, 3.8) is 0 Å². The van der Waals surface area contributed by atoms with Crippen molar-refractivity contribution in [2.24, 2.45) is 0 Å². The molecule has 35 heavy (non-hydrogen) atoms. The van der Waals surface area contributed by atoms with E-state index in [0.717, 1.165) is 38.4 Å². The molecule has 4 aromatic carbocycles. The summed E-state index contributed by atoms with van der Waals surface area (Å²) >= 11 is 0. The van der Waals surface area contributed by atoms with Gasteiger partial charge in [-0.15, -0.1) is 29.1 Å². The molecule has 4 heteroatoms. The minimum Gasteiger partial charge on any atom is -0.305 e. The summed E-state index contributed by atoms with van der Waals surface area (Å²) in [7, 11) is 0. The van der Waals surface area contributed by atoms with Gasteiger partial charge in [-0.1, -0.05) is 78.2 Å². The molecule has 170 valence electrons. The second kappa shape index (κ2) is 10.1. The molecule has 3 heterocycles. The zero-order valence-corrected chi connectivity index (χ0v) is 21.0. The largest absolute Gasteiger partial charge is 0.305 e. The van der Waals surface area contributed by atoms with Crippen molar-refractivity contribution in [3.05, 3.63) is 128 Å². The van der Waals surface area contributed by atoms with Crippen molar-refractivity contribution < 1.29 is 21.1 Å². The zero-order valence-electron chi connectivity index (χ0n) is 18.7. The first-order chi connectivity index (χ1) is 16.9. The SMILES string of the molecule is [Pt].[c-]1ccc2ccccc2c1-c1ccccn1.c1cnc2c(c1)ccc1ccc3cccnc3c12. The van der Waals surface area contributed by atoms with Gasteiger partial charge in [-0.3, -0.25) is 9.97 Å². The maximum absolute atomic E-state index is 4.52. The molecular weight excluding hydrogens is 609 g/mol. The number of aromatic nitrogens is 3. The summed E-state index contributed by atoms with van der Waals surface area (Å²) < 4.78 is 0. The molecule has 0 fully saturated rings. The van der Waals surface area contributed by atoms with Crippen LogP contribution in [-0.2, 0) is 21.1 Å². The van der Waals surface area contributed by atoms with Crippen LogP contribution >= 0.6 is 0 Å². The maximum atomic E-state index is 4.52. The molecule has 0 amide bonds. The third-order valence-electron chi connectivity index (χ3n) is 5.97. The molecule has 0 spiro atoms. The molecule has 3 aromatic heterocycles. The van der Waals surface area contributed by atoms with Crippen LogP contribution in [0, 0.1) is 6.07 Å². The summed E-state index contributed by atoms with van der Waals surface area (Å²) in [6, 6.07) is 38.1. The van der Waals surface area contributed by atoms with E-state index >= 15 is 0 Å². The fourth-order valence-corrected chi connectivity index (χ4v) is 4.37. The summed E-state index contributed by atoms with van der Waals surface area (Å²) in [4.78, 5) is 13.4. The van der Waals surface area contributed by atoms with Crippen molar-refractivity contribution in [2.75, 3.05) is 0 Å². The van der Waals surface area contributed by atoms with Gasteiger partial charge in [0.15, 0.2) is 0 Å². The summed E-state index contributed by atoms with van der Waals surface area (Å²) in [6.45, 7) is 0. The second-order valence-corrected chi connectivity index (χ2v) is 8.03.